The molecule has 0 aliphatic rings. The van der Waals surface area contributed by atoms with Crippen molar-refractivity contribution < 1.29 is 28.6 Å². The predicted molar refractivity (Wildman–Crippen MR) is 112 cm³/mol. The summed E-state index contributed by atoms with van der Waals surface area (Å²) in [5.41, 5.74) is 1.90. The zero-order valence-electron chi connectivity index (χ0n) is 17.3. The van der Waals surface area contributed by atoms with E-state index in [1.807, 2.05) is 30.3 Å². The average Bonchev–Trinajstić information content (AvgIpc) is 2.79. The van der Waals surface area contributed by atoms with Crippen molar-refractivity contribution >= 4 is 23.5 Å². The molecule has 0 saturated heterocycles. The van der Waals surface area contributed by atoms with E-state index in [0.29, 0.717) is 17.0 Å². The maximum Gasteiger partial charge on any atom is 0.408 e. The summed E-state index contributed by atoms with van der Waals surface area (Å²) in [6.07, 6.45) is -0.664. The van der Waals surface area contributed by atoms with Gasteiger partial charge in [0, 0.05) is 30.8 Å². The fraction of sp³-hybridized carbons (Fsp3) is 0.318. The Labute approximate surface area is 175 Å². The van der Waals surface area contributed by atoms with Crippen LogP contribution in [0.4, 0.5) is 10.5 Å². The molecule has 2 N–H and O–H groups in total. The van der Waals surface area contributed by atoms with Crippen LogP contribution in [0.15, 0.2) is 48.5 Å². The highest BCUT2D eigenvalue weighted by Gasteiger charge is 2.24. The molecule has 0 fully saturated rings. The highest BCUT2D eigenvalue weighted by molar-refractivity contribution is 6.01. The molecule has 0 radical (unpaired) electrons. The molecule has 2 aromatic rings. The number of nitrogens with one attached hydrogen (secondary N) is 2. The van der Waals surface area contributed by atoms with Gasteiger partial charge in [-0.25, -0.2) is 9.59 Å². The number of Topliss-reactive ketones (excluding diaryl/α,β-unsaturated/α-hetero) is 1. The van der Waals surface area contributed by atoms with Crippen LogP contribution in [0.3, 0.4) is 0 Å². The fourth-order valence-corrected chi connectivity index (χ4v) is 2.81. The van der Waals surface area contributed by atoms with E-state index in [4.69, 9.17) is 14.2 Å². The largest absolute Gasteiger partial charge is 0.497 e. The summed E-state index contributed by atoms with van der Waals surface area (Å²) in [6.45, 7) is 0.0663. The summed E-state index contributed by atoms with van der Waals surface area (Å²) in [5.74, 6) is -0.218. The van der Waals surface area contributed by atoms with Gasteiger partial charge in [-0.1, -0.05) is 30.3 Å². The van der Waals surface area contributed by atoms with Crippen LogP contribution in [0.2, 0.25) is 0 Å². The zero-order valence-corrected chi connectivity index (χ0v) is 17.3. The molecular formula is C22H26N2O6. The Morgan fingerprint density at radius 1 is 1.03 bits per heavy atom. The van der Waals surface area contributed by atoms with E-state index in [0.717, 1.165) is 5.56 Å². The van der Waals surface area contributed by atoms with Gasteiger partial charge < -0.3 is 24.8 Å². The van der Waals surface area contributed by atoms with Crippen molar-refractivity contribution in [2.24, 2.45) is 0 Å². The first-order chi connectivity index (χ1) is 14.5. The molecule has 0 saturated carbocycles. The lowest BCUT2D eigenvalue weighted by Crippen LogP contribution is -2.42. The minimum Gasteiger partial charge on any atom is -0.497 e. The lowest BCUT2D eigenvalue weighted by atomic mass is 10.0. The molecule has 0 spiro atoms. The Morgan fingerprint density at radius 3 is 2.40 bits per heavy atom. The third-order valence-electron chi connectivity index (χ3n) is 4.45. The number of hydrogen-bond acceptors (Lipinski definition) is 7. The van der Waals surface area contributed by atoms with Crippen LogP contribution in [0.25, 0.3) is 0 Å². The maximum absolute atomic E-state index is 12.7. The summed E-state index contributed by atoms with van der Waals surface area (Å²) in [4.78, 5) is 36.8. The van der Waals surface area contributed by atoms with E-state index in [9.17, 15) is 14.4 Å². The summed E-state index contributed by atoms with van der Waals surface area (Å²) in [5, 5.41) is 5.42. The van der Waals surface area contributed by atoms with Gasteiger partial charge in [-0.2, -0.15) is 0 Å². The van der Waals surface area contributed by atoms with Gasteiger partial charge >= 0.3 is 12.1 Å². The first kappa shape index (κ1) is 22.7. The van der Waals surface area contributed by atoms with Crippen LogP contribution >= 0.6 is 0 Å². The van der Waals surface area contributed by atoms with Gasteiger partial charge in [-0.3, -0.25) is 4.79 Å². The Bertz CT molecular complexity index is 869. The van der Waals surface area contributed by atoms with Crippen molar-refractivity contribution in [1.29, 1.82) is 0 Å². The molecule has 1 atom stereocenters. The molecule has 0 aliphatic heterocycles. The van der Waals surface area contributed by atoms with Crippen LogP contribution in [0.1, 0.15) is 28.8 Å². The van der Waals surface area contributed by atoms with Crippen molar-refractivity contribution in [3.63, 3.8) is 0 Å². The van der Waals surface area contributed by atoms with Crippen molar-refractivity contribution in [2.75, 3.05) is 26.6 Å². The Morgan fingerprint density at radius 2 is 1.77 bits per heavy atom. The number of amides is 1. The number of alkyl carbamates (subject to hydrolysis) is 1. The first-order valence-electron chi connectivity index (χ1n) is 9.42. The van der Waals surface area contributed by atoms with Crippen molar-refractivity contribution in [3.05, 3.63) is 59.7 Å². The number of rotatable bonds is 10. The topological polar surface area (TPSA) is 103 Å². The van der Waals surface area contributed by atoms with E-state index in [1.165, 1.54) is 7.11 Å². The number of ketones is 1. The second-order valence-corrected chi connectivity index (χ2v) is 6.41. The minimum atomic E-state index is -1.00. The van der Waals surface area contributed by atoms with E-state index < -0.39 is 18.1 Å². The molecule has 2 rings (SSSR count). The van der Waals surface area contributed by atoms with Crippen molar-refractivity contribution in [1.82, 2.24) is 5.32 Å². The average molecular weight is 414 g/mol. The van der Waals surface area contributed by atoms with Crippen LogP contribution in [-0.2, 0) is 20.9 Å². The van der Waals surface area contributed by atoms with Gasteiger partial charge in [-0.15, -0.1) is 0 Å². The van der Waals surface area contributed by atoms with Crippen LogP contribution < -0.4 is 15.4 Å². The number of benzene rings is 2. The molecule has 0 aliphatic carbocycles. The minimum absolute atomic E-state index is 0.0275. The maximum atomic E-state index is 12.7. The van der Waals surface area contributed by atoms with Gasteiger partial charge in [0.2, 0.25) is 0 Å². The summed E-state index contributed by atoms with van der Waals surface area (Å²) < 4.78 is 15.0. The second kappa shape index (κ2) is 11.5. The lowest BCUT2D eigenvalue weighted by molar-refractivity contribution is -0.143. The smallest absolute Gasteiger partial charge is 0.408 e. The van der Waals surface area contributed by atoms with Gasteiger partial charge in [0.25, 0.3) is 0 Å². The second-order valence-electron chi connectivity index (χ2n) is 6.41. The summed E-state index contributed by atoms with van der Waals surface area (Å²) >= 11 is 0. The normalized spacial score (nSPS) is 11.2. The number of carbonyl (C=O) groups is 3. The molecule has 2 aromatic carbocycles. The van der Waals surface area contributed by atoms with Gasteiger partial charge in [0.15, 0.2) is 5.78 Å². The Hall–Kier alpha value is -3.55. The lowest BCUT2D eigenvalue weighted by Gasteiger charge is -2.17. The molecule has 30 heavy (non-hydrogen) atoms. The standard InChI is InChI=1S/C22H26N2O6/c1-23-19-13-16(28-2)9-10-17(19)20(25)12-11-18(21(26)29-3)24-22(27)30-14-15-7-5-4-6-8-15/h4-10,13,18,23H,11-12,14H2,1-3H3,(H,24,27). The van der Waals surface area contributed by atoms with Gasteiger partial charge in [0.1, 0.15) is 18.4 Å². The first-order valence-corrected chi connectivity index (χ1v) is 9.42. The molecule has 8 heteroatoms. The number of hydrogen-bond donors (Lipinski definition) is 2. The van der Waals surface area contributed by atoms with Crippen LogP contribution in [0, 0.1) is 0 Å². The molecule has 0 bridgehead atoms. The molecule has 0 heterocycles. The van der Waals surface area contributed by atoms with E-state index in [1.54, 1.807) is 32.4 Å². The number of carbonyl (C=O) groups excluding carboxylic acids is 3. The monoisotopic (exact) mass is 414 g/mol. The molecule has 8 nitrogen and oxygen atoms in total. The number of methoxy groups -OCH3 is 2. The van der Waals surface area contributed by atoms with Crippen LogP contribution in [-0.4, -0.2) is 45.2 Å². The number of anilines is 1. The highest BCUT2D eigenvalue weighted by atomic mass is 16.6. The summed E-state index contributed by atoms with van der Waals surface area (Å²) in [6, 6.07) is 13.2. The Balaban J connectivity index is 1.96. The van der Waals surface area contributed by atoms with Crippen molar-refractivity contribution in [2.45, 2.75) is 25.5 Å². The van der Waals surface area contributed by atoms with E-state index in [2.05, 4.69) is 10.6 Å². The van der Waals surface area contributed by atoms with E-state index in [-0.39, 0.29) is 25.2 Å². The molecule has 0 aromatic heterocycles. The quantitative estimate of drug-likeness (QED) is 0.455. The third-order valence-corrected chi connectivity index (χ3v) is 4.45. The molecule has 1 amide bonds. The van der Waals surface area contributed by atoms with Crippen molar-refractivity contribution in [3.8, 4) is 5.75 Å². The SMILES string of the molecule is CNc1cc(OC)ccc1C(=O)CCC(NC(=O)OCc1ccccc1)C(=O)OC. The fourth-order valence-electron chi connectivity index (χ4n) is 2.81. The van der Waals surface area contributed by atoms with Crippen LogP contribution in [0.5, 0.6) is 5.75 Å². The van der Waals surface area contributed by atoms with Gasteiger partial charge in [0.05, 0.1) is 14.2 Å². The number of esters is 1. The zero-order chi connectivity index (χ0) is 21.9. The number of ether oxygens (including phenoxy) is 3. The highest BCUT2D eigenvalue weighted by Crippen LogP contribution is 2.24. The predicted octanol–water partition coefficient (Wildman–Crippen LogP) is 3.17. The molecular weight excluding hydrogens is 388 g/mol. The van der Waals surface area contributed by atoms with E-state index >= 15 is 0 Å². The summed E-state index contributed by atoms with van der Waals surface area (Å²) in [7, 11) is 4.46. The molecule has 1 unspecified atom stereocenters. The van der Waals surface area contributed by atoms with Gasteiger partial charge in [-0.05, 0) is 24.1 Å². The molecule has 160 valence electrons. The third kappa shape index (κ3) is 6.51. The Kier molecular flexibility index (Phi) is 8.68.